The first-order chi connectivity index (χ1) is 11.5. The Morgan fingerprint density at radius 3 is 2.62 bits per heavy atom. The van der Waals surface area contributed by atoms with Crippen molar-refractivity contribution in [3.63, 3.8) is 0 Å². The molecule has 24 heavy (non-hydrogen) atoms. The van der Waals surface area contributed by atoms with Crippen LogP contribution in [0.3, 0.4) is 0 Å². The van der Waals surface area contributed by atoms with Crippen molar-refractivity contribution in [3.05, 3.63) is 69.6 Å². The number of H-pyrrole nitrogens is 1. The zero-order valence-corrected chi connectivity index (χ0v) is 13.1. The molecule has 0 fully saturated rings. The highest BCUT2D eigenvalue weighted by molar-refractivity contribution is 5.85. The maximum absolute atomic E-state index is 14.1. The number of carboxylic acids is 1. The largest absolute Gasteiger partial charge is 0.481 e. The number of aliphatic carboxylic acids is 1. The first-order valence-electron chi connectivity index (χ1n) is 7.65. The summed E-state index contributed by atoms with van der Waals surface area (Å²) in [5.41, 5.74) is 2.23. The van der Waals surface area contributed by atoms with Crippen molar-refractivity contribution in [3.8, 4) is 11.3 Å². The molecule has 2 aromatic carbocycles. The van der Waals surface area contributed by atoms with E-state index in [1.165, 1.54) is 6.07 Å². The van der Waals surface area contributed by atoms with Crippen molar-refractivity contribution < 1.29 is 14.3 Å². The van der Waals surface area contributed by atoms with E-state index < -0.39 is 11.8 Å². The molecule has 0 spiro atoms. The molecule has 4 nitrogen and oxygen atoms in total. The standard InChI is InChI=1S/C19H16FNO3/c1-2-12-18(13-5-3-4-6-15(13)20)21-16-8-7-11(10-17(22)23)9-14(16)19(12)24/h3-9H,2,10H2,1H3,(H,21,24)(H,22,23). The minimum Gasteiger partial charge on any atom is -0.481 e. The minimum absolute atomic E-state index is 0.147. The highest BCUT2D eigenvalue weighted by Gasteiger charge is 2.15. The zero-order valence-electron chi connectivity index (χ0n) is 13.1. The fourth-order valence-electron chi connectivity index (χ4n) is 2.89. The minimum atomic E-state index is -0.954. The van der Waals surface area contributed by atoms with Crippen LogP contribution in [0, 0.1) is 5.82 Å². The molecule has 3 aromatic rings. The van der Waals surface area contributed by atoms with E-state index in [2.05, 4.69) is 4.98 Å². The molecular formula is C19H16FNO3. The SMILES string of the molecule is CCc1c(-c2ccccc2F)[nH]c2ccc(CC(=O)O)cc2c1=O. The molecule has 0 radical (unpaired) electrons. The van der Waals surface area contributed by atoms with Gasteiger partial charge < -0.3 is 10.1 Å². The molecule has 0 unspecified atom stereocenters. The number of aromatic amines is 1. The van der Waals surface area contributed by atoms with E-state index in [1.807, 2.05) is 6.92 Å². The van der Waals surface area contributed by atoms with Gasteiger partial charge in [0.2, 0.25) is 0 Å². The van der Waals surface area contributed by atoms with Crippen LogP contribution < -0.4 is 5.43 Å². The maximum Gasteiger partial charge on any atom is 0.307 e. The van der Waals surface area contributed by atoms with Crippen LogP contribution in [0.2, 0.25) is 0 Å². The van der Waals surface area contributed by atoms with Crippen molar-refractivity contribution in [2.24, 2.45) is 0 Å². The molecule has 0 atom stereocenters. The van der Waals surface area contributed by atoms with Gasteiger partial charge in [-0.2, -0.15) is 0 Å². The van der Waals surface area contributed by atoms with E-state index >= 15 is 0 Å². The monoisotopic (exact) mass is 325 g/mol. The molecule has 0 aliphatic rings. The Morgan fingerprint density at radius 1 is 1.21 bits per heavy atom. The average Bonchev–Trinajstić information content (AvgIpc) is 2.55. The summed E-state index contributed by atoms with van der Waals surface area (Å²) in [6.07, 6.45) is 0.296. The predicted octanol–water partition coefficient (Wildman–Crippen LogP) is 3.52. The third-order valence-corrected chi connectivity index (χ3v) is 4.02. The maximum atomic E-state index is 14.1. The quantitative estimate of drug-likeness (QED) is 0.771. The molecule has 1 aromatic heterocycles. The summed E-state index contributed by atoms with van der Waals surface area (Å²) in [4.78, 5) is 26.8. The number of benzene rings is 2. The van der Waals surface area contributed by atoms with Crippen molar-refractivity contribution in [1.29, 1.82) is 0 Å². The molecule has 0 aliphatic carbocycles. The summed E-state index contributed by atoms with van der Waals surface area (Å²) in [5, 5.41) is 9.33. The Labute approximate surface area is 137 Å². The first-order valence-corrected chi connectivity index (χ1v) is 7.65. The van der Waals surface area contributed by atoms with Crippen LogP contribution in [0.25, 0.3) is 22.2 Å². The van der Waals surface area contributed by atoms with Gasteiger partial charge in [0.05, 0.1) is 12.1 Å². The number of hydrogen-bond acceptors (Lipinski definition) is 2. The lowest BCUT2D eigenvalue weighted by Crippen LogP contribution is -2.13. The van der Waals surface area contributed by atoms with Crippen molar-refractivity contribution in [1.82, 2.24) is 4.98 Å². The van der Waals surface area contributed by atoms with E-state index in [-0.39, 0.29) is 11.8 Å². The van der Waals surface area contributed by atoms with Crippen LogP contribution >= 0.6 is 0 Å². The second-order valence-corrected chi connectivity index (χ2v) is 5.59. The van der Waals surface area contributed by atoms with Gasteiger partial charge in [0.25, 0.3) is 0 Å². The number of fused-ring (bicyclic) bond motifs is 1. The fraction of sp³-hybridized carbons (Fsp3) is 0.158. The molecule has 0 aliphatic heterocycles. The number of carbonyl (C=O) groups is 1. The predicted molar refractivity (Wildman–Crippen MR) is 90.7 cm³/mol. The van der Waals surface area contributed by atoms with Crippen molar-refractivity contribution in [2.75, 3.05) is 0 Å². The Balaban J connectivity index is 2.28. The first kappa shape index (κ1) is 15.9. The van der Waals surface area contributed by atoms with Crippen LogP contribution in [0.15, 0.2) is 47.3 Å². The van der Waals surface area contributed by atoms with Crippen LogP contribution in [0.4, 0.5) is 4.39 Å². The second-order valence-electron chi connectivity index (χ2n) is 5.59. The summed E-state index contributed by atoms with van der Waals surface area (Å²) in [7, 11) is 0. The Hall–Kier alpha value is -2.95. The van der Waals surface area contributed by atoms with E-state index in [4.69, 9.17) is 5.11 Å². The number of halogens is 1. The third kappa shape index (κ3) is 2.80. The molecule has 3 rings (SSSR count). The van der Waals surface area contributed by atoms with Crippen LogP contribution in [-0.4, -0.2) is 16.1 Å². The van der Waals surface area contributed by atoms with E-state index in [9.17, 15) is 14.0 Å². The molecule has 122 valence electrons. The van der Waals surface area contributed by atoms with Gasteiger partial charge in [-0.15, -0.1) is 0 Å². The number of pyridine rings is 1. The molecule has 0 saturated heterocycles. The average molecular weight is 325 g/mol. The van der Waals surface area contributed by atoms with E-state index in [0.717, 1.165) is 0 Å². The van der Waals surface area contributed by atoms with Gasteiger partial charge in [0, 0.05) is 22.0 Å². The van der Waals surface area contributed by atoms with Crippen molar-refractivity contribution >= 4 is 16.9 Å². The number of hydrogen-bond donors (Lipinski definition) is 2. The molecular weight excluding hydrogens is 309 g/mol. The van der Waals surface area contributed by atoms with Gasteiger partial charge in [-0.05, 0) is 36.2 Å². The normalized spacial score (nSPS) is 10.9. The molecule has 0 amide bonds. The number of nitrogens with one attached hydrogen (secondary N) is 1. The van der Waals surface area contributed by atoms with Crippen molar-refractivity contribution in [2.45, 2.75) is 19.8 Å². The van der Waals surface area contributed by atoms with Crippen LogP contribution in [-0.2, 0) is 17.6 Å². The number of rotatable bonds is 4. The summed E-state index contributed by atoms with van der Waals surface area (Å²) in [5.74, 6) is -1.35. The van der Waals surface area contributed by atoms with Gasteiger partial charge >= 0.3 is 5.97 Å². The van der Waals surface area contributed by atoms with Crippen LogP contribution in [0.5, 0.6) is 0 Å². The number of aromatic nitrogens is 1. The van der Waals surface area contributed by atoms with Gasteiger partial charge in [-0.3, -0.25) is 9.59 Å². The lowest BCUT2D eigenvalue weighted by molar-refractivity contribution is -0.136. The van der Waals surface area contributed by atoms with Gasteiger partial charge in [-0.25, -0.2) is 4.39 Å². The second kappa shape index (κ2) is 6.28. The fourth-order valence-corrected chi connectivity index (χ4v) is 2.89. The highest BCUT2D eigenvalue weighted by Crippen LogP contribution is 2.25. The summed E-state index contributed by atoms with van der Waals surface area (Å²) in [6, 6.07) is 11.2. The Morgan fingerprint density at radius 2 is 1.96 bits per heavy atom. The molecule has 0 bridgehead atoms. The molecule has 5 heteroatoms. The Bertz CT molecular complexity index is 992. The lowest BCUT2D eigenvalue weighted by Gasteiger charge is -2.12. The molecule has 2 N–H and O–H groups in total. The third-order valence-electron chi connectivity index (χ3n) is 4.02. The molecule has 0 saturated carbocycles. The van der Waals surface area contributed by atoms with Crippen LogP contribution in [0.1, 0.15) is 18.1 Å². The van der Waals surface area contributed by atoms with E-state index in [0.29, 0.717) is 39.7 Å². The van der Waals surface area contributed by atoms with E-state index in [1.54, 1.807) is 36.4 Å². The Kier molecular flexibility index (Phi) is 4.16. The highest BCUT2D eigenvalue weighted by atomic mass is 19.1. The molecule has 1 heterocycles. The smallest absolute Gasteiger partial charge is 0.307 e. The van der Waals surface area contributed by atoms with Gasteiger partial charge in [0.15, 0.2) is 5.43 Å². The van der Waals surface area contributed by atoms with Gasteiger partial charge in [-0.1, -0.05) is 25.1 Å². The summed E-state index contributed by atoms with van der Waals surface area (Å²) >= 11 is 0. The topological polar surface area (TPSA) is 70.2 Å². The zero-order chi connectivity index (χ0) is 17.3. The summed E-state index contributed by atoms with van der Waals surface area (Å²) in [6.45, 7) is 1.84. The summed E-state index contributed by atoms with van der Waals surface area (Å²) < 4.78 is 14.1. The number of carboxylic acid groups (broad SMARTS) is 1. The lowest BCUT2D eigenvalue weighted by atomic mass is 9.99. The van der Waals surface area contributed by atoms with Gasteiger partial charge in [0.1, 0.15) is 5.82 Å².